The molecule has 0 N–H and O–H groups in total. The van der Waals surface area contributed by atoms with Gasteiger partial charge in [0.15, 0.2) is 0 Å². The smallest absolute Gasteiger partial charge is 0.0994 e. The summed E-state index contributed by atoms with van der Waals surface area (Å²) in [6, 6.07) is 14.2. The Balaban J connectivity index is 2.15. The maximum absolute atomic E-state index is 4.15. The molecule has 1 aromatic carbocycles. The van der Waals surface area contributed by atoms with Crippen LogP contribution < -0.4 is 5.32 Å². The van der Waals surface area contributed by atoms with E-state index in [1.807, 2.05) is 42.6 Å². The topological polar surface area (TPSA) is 12.9 Å². The van der Waals surface area contributed by atoms with Crippen LogP contribution in [0.25, 0.3) is 12.2 Å². The molecule has 0 aliphatic heterocycles. The lowest BCUT2D eigenvalue weighted by Gasteiger charge is -1.94. The zero-order chi connectivity index (χ0) is 10.5. The van der Waals surface area contributed by atoms with Crippen LogP contribution in [-0.4, -0.2) is 15.2 Å². The van der Waals surface area contributed by atoms with E-state index in [2.05, 4.69) is 33.4 Å². The molecule has 1 aromatic heterocycles. The molecule has 15 heavy (non-hydrogen) atoms. The average molecular weight is 208 g/mol. The third-order valence-electron chi connectivity index (χ3n) is 2.05. The first-order chi connectivity index (χ1) is 7.34. The zero-order valence-corrected chi connectivity index (χ0v) is 9.22. The van der Waals surface area contributed by atoms with Gasteiger partial charge in [-0.3, -0.25) is 4.98 Å². The summed E-state index contributed by atoms with van der Waals surface area (Å²) < 4.78 is 0. The van der Waals surface area contributed by atoms with E-state index in [0.29, 0.717) is 0 Å². The first-order valence-electron chi connectivity index (χ1n) is 4.75. The van der Waals surface area contributed by atoms with Gasteiger partial charge in [-0.25, -0.2) is 0 Å². The Kier molecular flexibility index (Phi) is 3.10. The van der Waals surface area contributed by atoms with E-state index in [4.69, 9.17) is 0 Å². The Bertz CT molecular complexity index is 446. The predicted octanol–water partition coefficient (Wildman–Crippen LogP) is 2.05. The van der Waals surface area contributed by atoms with Crippen molar-refractivity contribution in [1.29, 1.82) is 0 Å². The number of hydrogen-bond donors (Lipinski definition) is 0. The van der Waals surface area contributed by atoms with Gasteiger partial charge in [-0.15, -0.1) is 0 Å². The molecule has 0 saturated heterocycles. The SMILES string of the molecule is [Si]c1ccc(/C=C/c2ccccc2)cn1. The van der Waals surface area contributed by atoms with Gasteiger partial charge in [0.2, 0.25) is 0 Å². The van der Waals surface area contributed by atoms with Gasteiger partial charge in [-0.1, -0.05) is 48.6 Å². The molecule has 2 aromatic rings. The highest BCUT2D eigenvalue weighted by atomic mass is 28.1. The molecule has 3 radical (unpaired) electrons. The monoisotopic (exact) mass is 208 g/mol. The Morgan fingerprint density at radius 1 is 0.867 bits per heavy atom. The van der Waals surface area contributed by atoms with Crippen LogP contribution >= 0.6 is 0 Å². The Hall–Kier alpha value is -1.67. The largest absolute Gasteiger partial charge is 0.266 e. The van der Waals surface area contributed by atoms with Crippen molar-refractivity contribution >= 4 is 27.7 Å². The molecule has 0 aliphatic carbocycles. The van der Waals surface area contributed by atoms with Crippen LogP contribution in [0, 0.1) is 0 Å². The minimum Gasteiger partial charge on any atom is -0.266 e. The highest BCUT2D eigenvalue weighted by Gasteiger charge is 1.88. The van der Waals surface area contributed by atoms with Crippen molar-refractivity contribution in [1.82, 2.24) is 4.98 Å². The molecule has 2 heteroatoms. The van der Waals surface area contributed by atoms with E-state index in [0.717, 1.165) is 10.9 Å². The molecule has 1 nitrogen and oxygen atoms in total. The van der Waals surface area contributed by atoms with Crippen LogP contribution in [0.4, 0.5) is 0 Å². The molecule has 0 fully saturated rings. The maximum Gasteiger partial charge on any atom is 0.0994 e. The van der Waals surface area contributed by atoms with Crippen LogP contribution in [0.15, 0.2) is 48.7 Å². The minimum atomic E-state index is 0.854. The maximum atomic E-state index is 4.15. The molecule has 0 bridgehead atoms. The molecule has 0 atom stereocenters. The summed E-state index contributed by atoms with van der Waals surface area (Å²) in [6.07, 6.45) is 5.96. The van der Waals surface area contributed by atoms with Gasteiger partial charge in [0.1, 0.15) is 0 Å². The standard InChI is InChI=1S/C13H10NSi/c15-13-9-8-12(10-14-13)7-6-11-4-2-1-3-5-11/h1-10H/b7-6+. The molecule has 0 spiro atoms. The summed E-state index contributed by atoms with van der Waals surface area (Å²) in [5.74, 6) is 0. The van der Waals surface area contributed by atoms with Gasteiger partial charge in [-0.2, -0.15) is 0 Å². The molecule has 0 saturated carbocycles. The van der Waals surface area contributed by atoms with E-state index in [1.54, 1.807) is 0 Å². The third-order valence-corrected chi connectivity index (χ3v) is 2.35. The second kappa shape index (κ2) is 4.71. The van der Waals surface area contributed by atoms with Gasteiger partial charge >= 0.3 is 0 Å². The fraction of sp³-hybridized carbons (Fsp3) is 0. The van der Waals surface area contributed by atoms with E-state index < -0.39 is 0 Å². The molecule has 0 unspecified atom stereocenters. The molecular formula is C13H10NSi. The molecule has 1 heterocycles. The van der Waals surface area contributed by atoms with E-state index >= 15 is 0 Å². The summed E-state index contributed by atoms with van der Waals surface area (Å²) in [6.45, 7) is 0. The number of nitrogens with zero attached hydrogens (tertiary/aromatic N) is 1. The van der Waals surface area contributed by atoms with Crippen LogP contribution in [0.1, 0.15) is 11.1 Å². The number of hydrogen-bond acceptors (Lipinski definition) is 1. The Morgan fingerprint density at radius 3 is 2.27 bits per heavy atom. The van der Waals surface area contributed by atoms with Gasteiger partial charge in [0.25, 0.3) is 0 Å². The summed E-state index contributed by atoms with van der Waals surface area (Å²) in [5.41, 5.74) is 2.29. The highest BCUT2D eigenvalue weighted by molar-refractivity contribution is 6.30. The quantitative estimate of drug-likeness (QED) is 0.688. The average Bonchev–Trinajstić information content (AvgIpc) is 2.30. The zero-order valence-electron chi connectivity index (χ0n) is 8.22. The van der Waals surface area contributed by atoms with Gasteiger partial charge in [0.05, 0.1) is 10.2 Å². The van der Waals surface area contributed by atoms with E-state index in [1.165, 1.54) is 5.56 Å². The van der Waals surface area contributed by atoms with Crippen molar-refractivity contribution < 1.29 is 0 Å². The summed E-state index contributed by atoms with van der Waals surface area (Å²) in [5, 5.41) is 0.854. The lowest BCUT2D eigenvalue weighted by Crippen LogP contribution is -2.05. The molecule has 0 amide bonds. The predicted molar refractivity (Wildman–Crippen MR) is 65.0 cm³/mol. The first kappa shape index (κ1) is 9.87. The van der Waals surface area contributed by atoms with Crippen molar-refractivity contribution in [2.24, 2.45) is 0 Å². The van der Waals surface area contributed by atoms with E-state index in [9.17, 15) is 0 Å². The second-order valence-electron chi connectivity index (χ2n) is 3.22. The van der Waals surface area contributed by atoms with Crippen molar-refractivity contribution in [3.05, 3.63) is 59.8 Å². The molecule has 71 valence electrons. The van der Waals surface area contributed by atoms with Crippen molar-refractivity contribution in [3.8, 4) is 0 Å². The third kappa shape index (κ3) is 2.89. The fourth-order valence-electron chi connectivity index (χ4n) is 1.26. The number of benzene rings is 1. The summed E-state index contributed by atoms with van der Waals surface area (Å²) in [4.78, 5) is 4.15. The first-order valence-corrected chi connectivity index (χ1v) is 5.25. The van der Waals surface area contributed by atoms with Crippen LogP contribution in [0.5, 0.6) is 0 Å². The van der Waals surface area contributed by atoms with Crippen LogP contribution in [-0.2, 0) is 0 Å². The number of rotatable bonds is 2. The van der Waals surface area contributed by atoms with E-state index in [-0.39, 0.29) is 0 Å². The molecule has 0 aliphatic rings. The van der Waals surface area contributed by atoms with Crippen molar-refractivity contribution in [2.75, 3.05) is 0 Å². The summed E-state index contributed by atoms with van der Waals surface area (Å²) >= 11 is 0. The fourth-order valence-corrected chi connectivity index (χ4v) is 1.41. The second-order valence-corrected chi connectivity index (χ2v) is 3.73. The molecular weight excluding hydrogens is 198 g/mol. The van der Waals surface area contributed by atoms with Crippen molar-refractivity contribution in [3.63, 3.8) is 0 Å². The minimum absolute atomic E-state index is 0.854. The van der Waals surface area contributed by atoms with Gasteiger partial charge in [0, 0.05) is 11.5 Å². The summed E-state index contributed by atoms with van der Waals surface area (Å²) in [7, 11) is 3.35. The number of aromatic nitrogens is 1. The van der Waals surface area contributed by atoms with Crippen LogP contribution in [0.2, 0.25) is 0 Å². The normalized spacial score (nSPS) is 10.7. The molecule has 2 rings (SSSR count). The Morgan fingerprint density at radius 2 is 1.60 bits per heavy atom. The van der Waals surface area contributed by atoms with Crippen LogP contribution in [0.3, 0.4) is 0 Å². The highest BCUT2D eigenvalue weighted by Crippen LogP contribution is 2.05. The van der Waals surface area contributed by atoms with Gasteiger partial charge in [-0.05, 0) is 17.2 Å². The Labute approximate surface area is 92.9 Å². The number of pyridine rings is 1. The lowest BCUT2D eigenvalue weighted by molar-refractivity contribution is 1.37. The van der Waals surface area contributed by atoms with Crippen molar-refractivity contribution in [2.45, 2.75) is 0 Å². The van der Waals surface area contributed by atoms with Gasteiger partial charge < -0.3 is 0 Å². The lowest BCUT2D eigenvalue weighted by atomic mass is 10.2.